The van der Waals surface area contributed by atoms with E-state index in [2.05, 4.69) is 26.8 Å². The predicted octanol–water partition coefficient (Wildman–Crippen LogP) is 2.48. The molecule has 37 heavy (non-hydrogen) atoms. The van der Waals surface area contributed by atoms with E-state index in [1.165, 1.54) is 6.20 Å². The van der Waals surface area contributed by atoms with Crippen molar-refractivity contribution >= 4 is 23.0 Å². The first-order valence-corrected chi connectivity index (χ1v) is 12.8. The number of hydrogen-bond donors (Lipinski definition) is 3. The lowest BCUT2D eigenvalue weighted by Crippen LogP contribution is -2.54. The molecule has 1 saturated heterocycles. The maximum Gasteiger partial charge on any atom is 0.255 e. The molecule has 10 heteroatoms. The van der Waals surface area contributed by atoms with Crippen molar-refractivity contribution in [1.82, 2.24) is 24.8 Å². The second-order valence-corrected chi connectivity index (χ2v) is 10.6. The summed E-state index contributed by atoms with van der Waals surface area (Å²) in [7, 11) is 0. The van der Waals surface area contributed by atoms with E-state index in [1.54, 1.807) is 21.7 Å². The first-order valence-electron chi connectivity index (χ1n) is 12.8. The maximum atomic E-state index is 13.2. The Morgan fingerprint density at radius 2 is 1.84 bits per heavy atom. The number of amides is 2. The van der Waals surface area contributed by atoms with Crippen molar-refractivity contribution in [2.45, 2.75) is 56.1 Å². The number of rotatable bonds is 6. The van der Waals surface area contributed by atoms with Crippen LogP contribution in [-0.4, -0.2) is 67.2 Å². The van der Waals surface area contributed by atoms with Crippen LogP contribution in [0.15, 0.2) is 36.7 Å². The molecule has 4 aliphatic rings. The summed E-state index contributed by atoms with van der Waals surface area (Å²) in [6.07, 6.45) is 8.72. The molecule has 2 amide bonds. The summed E-state index contributed by atoms with van der Waals surface area (Å²) < 4.78 is 1.72. The molecule has 3 saturated carbocycles. The summed E-state index contributed by atoms with van der Waals surface area (Å²) in [5, 5.41) is 30.7. The second kappa shape index (κ2) is 8.85. The molecule has 3 N–H and O–H groups in total. The highest BCUT2D eigenvalue weighted by Gasteiger charge is 2.48. The number of nitrogens with zero attached hydrogens (tertiary/aromatic N) is 5. The zero-order valence-corrected chi connectivity index (χ0v) is 20.5. The normalized spacial score (nSPS) is 24.4. The molecule has 0 aromatic carbocycles. The molecule has 3 aliphatic carbocycles. The van der Waals surface area contributed by atoms with Crippen molar-refractivity contribution in [3.05, 3.63) is 47.8 Å². The second-order valence-electron chi connectivity index (χ2n) is 10.6. The van der Waals surface area contributed by atoms with Crippen molar-refractivity contribution in [2.75, 3.05) is 25.0 Å². The van der Waals surface area contributed by atoms with E-state index in [1.807, 2.05) is 18.2 Å². The minimum absolute atomic E-state index is 0.0489. The molecule has 0 unspecified atom stereocenters. The first kappa shape index (κ1) is 23.4. The van der Waals surface area contributed by atoms with E-state index in [0.29, 0.717) is 22.5 Å². The topological polar surface area (TPSA) is 136 Å². The van der Waals surface area contributed by atoms with Gasteiger partial charge in [-0.05, 0) is 69.2 Å². The van der Waals surface area contributed by atoms with Crippen LogP contribution in [0.2, 0.25) is 0 Å². The van der Waals surface area contributed by atoms with Gasteiger partial charge in [-0.2, -0.15) is 10.4 Å². The molecule has 190 valence electrons. The Morgan fingerprint density at radius 3 is 2.51 bits per heavy atom. The van der Waals surface area contributed by atoms with Crippen LogP contribution in [0.5, 0.6) is 0 Å². The third-order valence-corrected chi connectivity index (χ3v) is 8.26. The van der Waals surface area contributed by atoms with Gasteiger partial charge in [0.15, 0.2) is 0 Å². The van der Waals surface area contributed by atoms with Gasteiger partial charge in [0, 0.05) is 24.8 Å². The van der Waals surface area contributed by atoms with Gasteiger partial charge >= 0.3 is 0 Å². The minimum Gasteiger partial charge on any atom is -0.390 e. The van der Waals surface area contributed by atoms with Crippen LogP contribution in [0.1, 0.15) is 60.9 Å². The molecule has 0 radical (unpaired) electrons. The molecule has 10 nitrogen and oxygen atoms in total. The largest absolute Gasteiger partial charge is 0.390 e. The summed E-state index contributed by atoms with van der Waals surface area (Å²) in [5.74, 6) is -0.439. The lowest BCUT2D eigenvalue weighted by Gasteiger charge is -2.51. The van der Waals surface area contributed by atoms with Gasteiger partial charge in [0.1, 0.15) is 6.07 Å². The number of pyridine rings is 1. The Morgan fingerprint density at radius 1 is 1.08 bits per heavy atom. The summed E-state index contributed by atoms with van der Waals surface area (Å²) >= 11 is 0. The van der Waals surface area contributed by atoms with Gasteiger partial charge in [-0.1, -0.05) is 0 Å². The van der Waals surface area contributed by atoms with Gasteiger partial charge in [-0.15, -0.1) is 0 Å². The number of fused-ring (bicyclic) bond motifs is 4. The Labute approximate surface area is 214 Å². The highest BCUT2D eigenvalue weighted by Crippen LogP contribution is 2.48. The van der Waals surface area contributed by atoms with Gasteiger partial charge in [-0.3, -0.25) is 14.6 Å². The van der Waals surface area contributed by atoms with Crippen LogP contribution < -0.4 is 10.6 Å². The third kappa shape index (κ3) is 4.29. The van der Waals surface area contributed by atoms with Crippen molar-refractivity contribution in [3.63, 3.8) is 0 Å². The molecule has 3 aromatic rings. The number of hydrogen-bond acceptors (Lipinski definition) is 7. The number of aliphatic hydroxyl groups is 1. The fraction of sp³-hybridized carbons (Fsp3) is 0.444. The number of carbonyl (C=O) groups is 2. The molecule has 4 heterocycles. The average molecular weight is 500 g/mol. The average Bonchev–Trinajstić information content (AvgIpc) is 3.30. The predicted molar refractivity (Wildman–Crippen MR) is 136 cm³/mol. The van der Waals surface area contributed by atoms with E-state index in [4.69, 9.17) is 0 Å². The van der Waals surface area contributed by atoms with E-state index < -0.39 is 5.60 Å². The van der Waals surface area contributed by atoms with Crippen molar-refractivity contribution in [3.8, 4) is 17.5 Å². The van der Waals surface area contributed by atoms with Gasteiger partial charge in [0.05, 0.1) is 52.1 Å². The molecular formula is C27H29N7O3. The fourth-order valence-corrected chi connectivity index (χ4v) is 5.70. The zero-order valence-electron chi connectivity index (χ0n) is 20.5. The Bertz CT molecular complexity index is 1410. The lowest BCUT2D eigenvalue weighted by molar-refractivity contribution is -0.133. The van der Waals surface area contributed by atoms with Gasteiger partial charge < -0.3 is 20.6 Å². The quantitative estimate of drug-likeness (QED) is 0.474. The Balaban J connectivity index is 1.33. The Kier molecular flexibility index (Phi) is 5.60. The van der Waals surface area contributed by atoms with Crippen LogP contribution in [-0.2, 0) is 4.79 Å². The Hall–Kier alpha value is -3.97. The van der Waals surface area contributed by atoms with E-state index >= 15 is 0 Å². The van der Waals surface area contributed by atoms with Crippen LogP contribution in [0.3, 0.4) is 0 Å². The number of nitriles is 1. The number of aromatic nitrogens is 3. The smallest absolute Gasteiger partial charge is 0.255 e. The van der Waals surface area contributed by atoms with Gasteiger partial charge in [0.25, 0.3) is 5.91 Å². The van der Waals surface area contributed by atoms with Crippen LogP contribution >= 0.6 is 0 Å². The fourth-order valence-electron chi connectivity index (χ4n) is 5.70. The van der Waals surface area contributed by atoms with Crippen LogP contribution in [0.4, 0.5) is 5.69 Å². The zero-order chi connectivity index (χ0) is 25.6. The number of likely N-dealkylation sites (tertiary alicyclic amines) is 1. The first-order chi connectivity index (χ1) is 17.9. The summed E-state index contributed by atoms with van der Waals surface area (Å²) in [4.78, 5) is 31.8. The van der Waals surface area contributed by atoms with Gasteiger partial charge in [0.2, 0.25) is 5.91 Å². The van der Waals surface area contributed by atoms with Crippen molar-refractivity contribution in [1.29, 1.82) is 5.26 Å². The minimum atomic E-state index is -0.566. The van der Waals surface area contributed by atoms with Crippen molar-refractivity contribution in [2.24, 2.45) is 0 Å². The molecule has 1 aliphatic heterocycles. The summed E-state index contributed by atoms with van der Waals surface area (Å²) in [5.41, 5.74) is 2.87. The monoisotopic (exact) mass is 499 g/mol. The highest BCUT2D eigenvalue weighted by atomic mass is 16.3. The summed E-state index contributed by atoms with van der Waals surface area (Å²) in [6, 6.07) is 9.49. The molecule has 3 aromatic heterocycles. The standard InChI is InChI=1S/C27H29N7O3/c28-14-18-12-19-2-3-23(34(19)31-15-18)22-13-21(32-26-4-7-27(37,8-5-26)9-6-26)20(16-29-22)25(36)30-17-24(35)33-10-1-11-33/h2-3,12-13,15-16,37H,1,4-11,17H2,(H,29,32)(H,30,36). The highest BCUT2D eigenvalue weighted by molar-refractivity contribution is 6.01. The lowest BCUT2D eigenvalue weighted by atomic mass is 9.63. The molecule has 4 fully saturated rings. The molecule has 2 bridgehead atoms. The summed E-state index contributed by atoms with van der Waals surface area (Å²) in [6.45, 7) is 1.43. The van der Waals surface area contributed by atoms with Gasteiger partial charge in [-0.25, -0.2) is 4.52 Å². The van der Waals surface area contributed by atoms with E-state index in [-0.39, 0.29) is 23.9 Å². The number of nitrogens with one attached hydrogen (secondary N) is 2. The van der Waals surface area contributed by atoms with Crippen molar-refractivity contribution < 1.29 is 14.7 Å². The number of anilines is 1. The van der Waals surface area contributed by atoms with E-state index in [0.717, 1.165) is 69.2 Å². The molecule has 0 atom stereocenters. The van der Waals surface area contributed by atoms with E-state index in [9.17, 15) is 20.0 Å². The number of carbonyl (C=O) groups excluding carboxylic acids is 2. The molecule has 7 rings (SSSR count). The van der Waals surface area contributed by atoms with Crippen LogP contribution in [0, 0.1) is 11.3 Å². The molecule has 0 spiro atoms. The van der Waals surface area contributed by atoms with Crippen LogP contribution in [0.25, 0.3) is 16.9 Å². The SMILES string of the molecule is N#Cc1cnn2c(-c3cc(NC45CCC(O)(CC4)CC5)c(C(=O)NCC(=O)N4CCC4)cn3)ccc2c1. The third-order valence-electron chi connectivity index (χ3n) is 8.26. The maximum absolute atomic E-state index is 13.2. The molecular weight excluding hydrogens is 470 g/mol.